The lowest BCUT2D eigenvalue weighted by molar-refractivity contribution is -0.402. The molecule has 0 amide bonds. The van der Waals surface area contributed by atoms with Crippen molar-refractivity contribution in [3.63, 3.8) is 0 Å². The van der Waals surface area contributed by atoms with E-state index in [-0.39, 0.29) is 5.88 Å². The van der Waals surface area contributed by atoms with E-state index in [2.05, 4.69) is 12.2 Å². The van der Waals surface area contributed by atoms with Gasteiger partial charge < -0.3 is 14.8 Å². The van der Waals surface area contributed by atoms with Crippen molar-refractivity contribution >= 4 is 5.88 Å². The molecule has 19 heavy (non-hydrogen) atoms. The zero-order valence-electron chi connectivity index (χ0n) is 11.1. The second kappa shape index (κ2) is 5.71. The van der Waals surface area contributed by atoms with E-state index in [1.165, 1.54) is 12.5 Å². The summed E-state index contributed by atoms with van der Waals surface area (Å²) in [6.07, 6.45) is 3.83. The van der Waals surface area contributed by atoms with Gasteiger partial charge in [0.1, 0.15) is 10.7 Å². The summed E-state index contributed by atoms with van der Waals surface area (Å²) in [5, 5.41) is 24.0. The van der Waals surface area contributed by atoms with Crippen molar-refractivity contribution in [2.75, 3.05) is 6.54 Å². The average Bonchev–Trinajstić information content (AvgIpc) is 2.77. The Morgan fingerprint density at radius 2 is 2.42 bits per heavy atom. The quantitative estimate of drug-likeness (QED) is 0.631. The fourth-order valence-electron chi connectivity index (χ4n) is 2.77. The molecule has 106 valence electrons. The topological polar surface area (TPSA) is 88.5 Å². The van der Waals surface area contributed by atoms with E-state index in [9.17, 15) is 15.2 Å². The first-order valence-corrected chi connectivity index (χ1v) is 6.65. The molecule has 0 saturated heterocycles. The predicted octanol–water partition coefficient (Wildman–Crippen LogP) is 2.22. The smallest absolute Gasteiger partial charge is 0.404 e. The van der Waals surface area contributed by atoms with Crippen molar-refractivity contribution in [2.45, 2.75) is 44.8 Å². The molecule has 1 saturated carbocycles. The molecule has 1 aliphatic carbocycles. The number of nitrogens with zero attached hydrogens (tertiary/aromatic N) is 1. The maximum absolute atomic E-state index is 10.5. The van der Waals surface area contributed by atoms with Gasteiger partial charge in [0, 0.05) is 6.54 Å². The number of rotatable bonds is 5. The van der Waals surface area contributed by atoms with Gasteiger partial charge in [-0.3, -0.25) is 10.1 Å². The average molecular weight is 268 g/mol. The van der Waals surface area contributed by atoms with Gasteiger partial charge >= 0.3 is 5.88 Å². The molecule has 0 bridgehead atoms. The van der Waals surface area contributed by atoms with Crippen LogP contribution in [0.2, 0.25) is 0 Å². The molecule has 6 heteroatoms. The molecule has 2 unspecified atom stereocenters. The Morgan fingerprint density at radius 3 is 3.05 bits per heavy atom. The molecule has 1 heterocycles. The van der Waals surface area contributed by atoms with Crippen molar-refractivity contribution in [2.24, 2.45) is 5.92 Å². The largest absolute Gasteiger partial charge is 0.433 e. The highest BCUT2D eigenvalue weighted by Gasteiger charge is 2.32. The van der Waals surface area contributed by atoms with Gasteiger partial charge in [0.2, 0.25) is 0 Å². The van der Waals surface area contributed by atoms with Crippen LogP contribution in [0.3, 0.4) is 0 Å². The molecule has 1 fully saturated rings. The Hall–Kier alpha value is -1.40. The minimum absolute atomic E-state index is 0.248. The lowest BCUT2D eigenvalue weighted by Crippen LogP contribution is -2.43. The van der Waals surface area contributed by atoms with Crippen LogP contribution in [-0.4, -0.2) is 22.2 Å². The van der Waals surface area contributed by atoms with Crippen LogP contribution in [0.4, 0.5) is 5.88 Å². The van der Waals surface area contributed by atoms with Crippen molar-refractivity contribution in [1.82, 2.24) is 5.32 Å². The summed E-state index contributed by atoms with van der Waals surface area (Å²) in [5.41, 5.74) is -0.657. The summed E-state index contributed by atoms with van der Waals surface area (Å²) in [6, 6.07) is 2.92. The maximum Gasteiger partial charge on any atom is 0.433 e. The van der Waals surface area contributed by atoms with E-state index < -0.39 is 10.5 Å². The van der Waals surface area contributed by atoms with E-state index in [4.69, 9.17) is 4.42 Å². The van der Waals surface area contributed by atoms with Gasteiger partial charge in [0.15, 0.2) is 0 Å². The third-order valence-electron chi connectivity index (χ3n) is 3.65. The molecule has 0 aliphatic heterocycles. The molecule has 0 radical (unpaired) electrons. The summed E-state index contributed by atoms with van der Waals surface area (Å²) in [5.74, 6) is 0.811. The third kappa shape index (κ3) is 3.78. The summed E-state index contributed by atoms with van der Waals surface area (Å²) in [7, 11) is 0. The van der Waals surface area contributed by atoms with E-state index in [1.807, 2.05) is 0 Å². The third-order valence-corrected chi connectivity index (χ3v) is 3.65. The fraction of sp³-hybridized carbons (Fsp3) is 0.692. The Kier molecular flexibility index (Phi) is 4.21. The first kappa shape index (κ1) is 14.0. The van der Waals surface area contributed by atoms with Gasteiger partial charge in [-0.1, -0.05) is 19.8 Å². The molecule has 0 spiro atoms. The zero-order chi connectivity index (χ0) is 13.9. The van der Waals surface area contributed by atoms with Crippen LogP contribution < -0.4 is 5.32 Å². The maximum atomic E-state index is 10.5. The van der Waals surface area contributed by atoms with Gasteiger partial charge in [0.25, 0.3) is 0 Å². The van der Waals surface area contributed by atoms with Gasteiger partial charge in [-0.05, 0) is 24.8 Å². The number of nitro groups is 1. The second-order valence-electron chi connectivity index (χ2n) is 5.53. The Labute approximate surface area is 112 Å². The molecule has 2 rings (SSSR count). The molecule has 6 nitrogen and oxygen atoms in total. The molecule has 0 aromatic carbocycles. The van der Waals surface area contributed by atoms with Gasteiger partial charge in [-0.25, -0.2) is 0 Å². The summed E-state index contributed by atoms with van der Waals surface area (Å²) in [4.78, 5) is 9.92. The number of hydrogen-bond acceptors (Lipinski definition) is 5. The van der Waals surface area contributed by atoms with Crippen molar-refractivity contribution < 1.29 is 14.4 Å². The molecule has 1 aliphatic rings. The Balaban J connectivity index is 1.80. The predicted molar refractivity (Wildman–Crippen MR) is 69.7 cm³/mol. The first-order valence-electron chi connectivity index (χ1n) is 6.65. The van der Waals surface area contributed by atoms with Crippen LogP contribution in [0, 0.1) is 16.0 Å². The molecule has 2 atom stereocenters. The molecule has 1 aromatic heterocycles. The second-order valence-corrected chi connectivity index (χ2v) is 5.53. The van der Waals surface area contributed by atoms with E-state index in [1.54, 1.807) is 6.07 Å². The van der Waals surface area contributed by atoms with Crippen LogP contribution in [-0.2, 0) is 6.54 Å². The molecule has 2 N–H and O–H groups in total. The Bertz CT molecular complexity index is 446. The van der Waals surface area contributed by atoms with Crippen molar-refractivity contribution in [1.29, 1.82) is 0 Å². The number of aliphatic hydroxyl groups is 1. The normalized spacial score (nSPS) is 27.4. The van der Waals surface area contributed by atoms with Crippen LogP contribution in [0.1, 0.15) is 38.4 Å². The van der Waals surface area contributed by atoms with E-state index in [0.717, 1.165) is 19.3 Å². The molecule has 1 aromatic rings. The van der Waals surface area contributed by atoms with Crippen molar-refractivity contribution in [3.05, 3.63) is 28.0 Å². The fourth-order valence-corrected chi connectivity index (χ4v) is 2.77. The highest BCUT2D eigenvalue weighted by atomic mass is 16.6. The summed E-state index contributed by atoms with van der Waals surface area (Å²) in [6.45, 7) is 3.04. The lowest BCUT2D eigenvalue weighted by atomic mass is 9.79. The highest BCUT2D eigenvalue weighted by molar-refractivity contribution is 5.17. The monoisotopic (exact) mass is 268 g/mol. The van der Waals surface area contributed by atoms with Crippen LogP contribution in [0.5, 0.6) is 0 Å². The summed E-state index contributed by atoms with van der Waals surface area (Å²) >= 11 is 0. The minimum Gasteiger partial charge on any atom is -0.404 e. The van der Waals surface area contributed by atoms with Crippen LogP contribution >= 0.6 is 0 Å². The standard InChI is InChI=1S/C13H20N2O4/c1-10-3-2-6-13(16,7-10)9-14-8-11-4-5-12(19-11)15(17)18/h4-5,10,14,16H,2-3,6-9H2,1H3. The lowest BCUT2D eigenvalue weighted by Gasteiger charge is -2.35. The van der Waals surface area contributed by atoms with Gasteiger partial charge in [-0.15, -0.1) is 0 Å². The zero-order valence-corrected chi connectivity index (χ0v) is 11.1. The number of nitrogens with one attached hydrogen (secondary N) is 1. The van der Waals surface area contributed by atoms with Gasteiger partial charge in [-0.2, -0.15) is 0 Å². The number of furan rings is 1. The Morgan fingerprint density at radius 1 is 1.63 bits per heavy atom. The molecular formula is C13H20N2O4. The van der Waals surface area contributed by atoms with Crippen LogP contribution in [0.25, 0.3) is 0 Å². The minimum atomic E-state index is -0.657. The van der Waals surface area contributed by atoms with E-state index >= 15 is 0 Å². The van der Waals surface area contributed by atoms with Crippen LogP contribution in [0.15, 0.2) is 16.5 Å². The van der Waals surface area contributed by atoms with Gasteiger partial charge in [0.05, 0.1) is 18.2 Å². The van der Waals surface area contributed by atoms with Crippen molar-refractivity contribution in [3.8, 4) is 0 Å². The highest BCUT2D eigenvalue weighted by Crippen LogP contribution is 2.31. The summed E-state index contributed by atoms with van der Waals surface area (Å²) < 4.78 is 5.05. The SMILES string of the molecule is CC1CCCC(O)(CNCc2ccc([N+](=O)[O-])o2)C1. The molecular weight excluding hydrogens is 248 g/mol. The van der Waals surface area contributed by atoms with E-state index in [0.29, 0.717) is 24.8 Å². The first-order chi connectivity index (χ1) is 8.98. The number of hydrogen-bond donors (Lipinski definition) is 2.